The Balaban J connectivity index is 1.99. The van der Waals surface area contributed by atoms with Crippen molar-refractivity contribution in [3.05, 3.63) is 34.7 Å². The predicted molar refractivity (Wildman–Crippen MR) is 117 cm³/mol. The molecule has 1 aliphatic rings. The molecule has 32 heavy (non-hydrogen) atoms. The van der Waals surface area contributed by atoms with Crippen LogP contribution in [0.5, 0.6) is 0 Å². The molecule has 0 bridgehead atoms. The van der Waals surface area contributed by atoms with Crippen molar-refractivity contribution in [1.29, 1.82) is 0 Å². The van der Waals surface area contributed by atoms with E-state index in [1.54, 1.807) is 17.7 Å². The number of morpholine rings is 1. The summed E-state index contributed by atoms with van der Waals surface area (Å²) in [5, 5.41) is 7.57. The lowest BCUT2D eigenvalue weighted by Gasteiger charge is -2.38. The van der Waals surface area contributed by atoms with Gasteiger partial charge in [-0.25, -0.2) is 0 Å². The van der Waals surface area contributed by atoms with E-state index < -0.39 is 11.7 Å². The molecule has 0 saturated carbocycles. The first kappa shape index (κ1) is 22.7. The molecule has 0 radical (unpaired) electrons. The first-order chi connectivity index (χ1) is 15.2. The van der Waals surface area contributed by atoms with Crippen molar-refractivity contribution in [2.24, 2.45) is 0 Å². The molecule has 3 aromatic rings. The van der Waals surface area contributed by atoms with Gasteiger partial charge in [-0.05, 0) is 32.1 Å². The van der Waals surface area contributed by atoms with Crippen LogP contribution in [0.2, 0.25) is 0 Å². The summed E-state index contributed by atoms with van der Waals surface area (Å²) in [6, 6.07) is 4.13. The van der Waals surface area contributed by atoms with E-state index in [4.69, 9.17) is 21.7 Å². The average Bonchev–Trinajstić information content (AvgIpc) is 3.09. The Kier molecular flexibility index (Phi) is 6.24. The Bertz CT molecular complexity index is 1170. The molecular formula is C21H24F3N5O2S. The van der Waals surface area contributed by atoms with Gasteiger partial charge in [0.1, 0.15) is 0 Å². The molecule has 1 fully saturated rings. The van der Waals surface area contributed by atoms with Gasteiger partial charge >= 0.3 is 6.18 Å². The van der Waals surface area contributed by atoms with Gasteiger partial charge in [-0.15, -0.1) is 0 Å². The summed E-state index contributed by atoms with van der Waals surface area (Å²) in [5.41, 5.74) is 0.371. The van der Waals surface area contributed by atoms with Gasteiger partial charge < -0.3 is 14.4 Å². The van der Waals surface area contributed by atoms with Crippen molar-refractivity contribution in [3.63, 3.8) is 0 Å². The topological polar surface area (TPSA) is 68.2 Å². The number of anilines is 1. The Morgan fingerprint density at radius 1 is 1.25 bits per heavy atom. The number of H-pyrrole nitrogens is 1. The molecule has 2 unspecified atom stereocenters. The number of nitrogens with one attached hydrogen (secondary N) is 1. The van der Waals surface area contributed by atoms with Crippen LogP contribution in [-0.4, -0.2) is 58.8 Å². The quantitative estimate of drug-likeness (QED) is 0.560. The van der Waals surface area contributed by atoms with Gasteiger partial charge in [-0.3, -0.25) is 14.6 Å². The SMILES string of the molecule is COCCn1c(-c2cnc3c(C(F)(F)F)cccc3c2N2CC(C)OC(C)C2)n[nH]c1=S. The number of rotatable bonds is 5. The maximum Gasteiger partial charge on any atom is 0.418 e. The van der Waals surface area contributed by atoms with Crippen LogP contribution >= 0.6 is 12.2 Å². The van der Waals surface area contributed by atoms with Gasteiger partial charge in [-0.2, -0.15) is 18.3 Å². The van der Waals surface area contributed by atoms with Crippen LogP contribution in [0, 0.1) is 4.77 Å². The van der Waals surface area contributed by atoms with Crippen LogP contribution < -0.4 is 4.90 Å². The Morgan fingerprint density at radius 2 is 1.97 bits per heavy atom. The zero-order valence-electron chi connectivity index (χ0n) is 17.9. The third-order valence-corrected chi connectivity index (χ3v) is 5.74. The summed E-state index contributed by atoms with van der Waals surface area (Å²) >= 11 is 5.38. The van der Waals surface area contributed by atoms with Gasteiger partial charge in [0.25, 0.3) is 0 Å². The molecule has 7 nitrogen and oxygen atoms in total. The molecule has 11 heteroatoms. The highest BCUT2D eigenvalue weighted by molar-refractivity contribution is 7.71. The third-order valence-electron chi connectivity index (χ3n) is 5.43. The summed E-state index contributed by atoms with van der Waals surface area (Å²) in [5.74, 6) is 0.501. The van der Waals surface area contributed by atoms with Gasteiger partial charge in [0.2, 0.25) is 0 Å². The molecule has 2 atom stereocenters. The number of pyridine rings is 1. The third kappa shape index (κ3) is 4.24. The van der Waals surface area contributed by atoms with E-state index in [1.165, 1.54) is 12.3 Å². The fourth-order valence-electron chi connectivity index (χ4n) is 4.22. The number of hydrogen-bond donors (Lipinski definition) is 1. The maximum absolute atomic E-state index is 13.7. The first-order valence-corrected chi connectivity index (χ1v) is 10.7. The smallest absolute Gasteiger partial charge is 0.383 e. The number of aromatic amines is 1. The van der Waals surface area contributed by atoms with E-state index in [2.05, 4.69) is 20.1 Å². The summed E-state index contributed by atoms with van der Waals surface area (Å²) in [6.45, 7) is 5.78. The number of aromatic nitrogens is 4. The lowest BCUT2D eigenvalue weighted by molar-refractivity contribution is -0.136. The number of methoxy groups -OCH3 is 1. The fourth-order valence-corrected chi connectivity index (χ4v) is 4.44. The summed E-state index contributed by atoms with van der Waals surface area (Å²) in [4.78, 5) is 6.29. The van der Waals surface area contributed by atoms with Crippen LogP contribution in [0.25, 0.3) is 22.3 Å². The minimum absolute atomic E-state index is 0.0880. The maximum atomic E-state index is 13.7. The lowest BCUT2D eigenvalue weighted by atomic mass is 10.0. The zero-order valence-corrected chi connectivity index (χ0v) is 18.8. The highest BCUT2D eigenvalue weighted by atomic mass is 32.1. The van der Waals surface area contributed by atoms with Crippen LogP contribution in [0.4, 0.5) is 18.9 Å². The van der Waals surface area contributed by atoms with Crippen LogP contribution in [0.3, 0.4) is 0 Å². The summed E-state index contributed by atoms with van der Waals surface area (Å²) < 4.78 is 54.4. The number of fused-ring (bicyclic) bond motifs is 1. The molecule has 1 saturated heterocycles. The number of halogens is 3. The average molecular weight is 468 g/mol. The second-order valence-electron chi connectivity index (χ2n) is 7.88. The Hall–Kier alpha value is -2.50. The van der Waals surface area contributed by atoms with Crippen molar-refractivity contribution in [2.75, 3.05) is 31.7 Å². The molecule has 2 aromatic heterocycles. The molecule has 1 aliphatic heterocycles. The van der Waals surface area contributed by atoms with Crippen LogP contribution in [0.15, 0.2) is 24.4 Å². The molecule has 3 heterocycles. The number of hydrogen-bond acceptors (Lipinski definition) is 6. The number of para-hydroxylation sites is 1. The molecule has 1 N–H and O–H groups in total. The predicted octanol–water partition coefficient (Wildman–Crippen LogP) is 4.43. The molecule has 1 aromatic carbocycles. The van der Waals surface area contributed by atoms with Crippen LogP contribution in [0.1, 0.15) is 19.4 Å². The minimum Gasteiger partial charge on any atom is -0.383 e. The van der Waals surface area contributed by atoms with Crippen molar-refractivity contribution < 1.29 is 22.6 Å². The van der Waals surface area contributed by atoms with Crippen LogP contribution in [-0.2, 0) is 22.2 Å². The normalized spacial score (nSPS) is 19.6. The monoisotopic (exact) mass is 467 g/mol. The van der Waals surface area contributed by atoms with Gasteiger partial charge in [-0.1, -0.05) is 12.1 Å². The largest absolute Gasteiger partial charge is 0.418 e. The molecule has 172 valence electrons. The standard InChI is InChI=1S/C21H24F3N5O2S/c1-12-10-28(11-13(2)31-12)18-14-5-4-6-16(21(22,23)24)17(14)25-9-15(18)19-26-27-20(32)29(19)7-8-30-3/h4-6,9,12-13H,7-8,10-11H2,1-3H3,(H,27,32). The molecule has 0 aliphatic carbocycles. The number of alkyl halides is 3. The van der Waals surface area contributed by atoms with E-state index in [0.29, 0.717) is 53.5 Å². The van der Waals surface area contributed by atoms with Crippen molar-refractivity contribution in [2.45, 2.75) is 38.8 Å². The first-order valence-electron chi connectivity index (χ1n) is 10.2. The van der Waals surface area contributed by atoms with Crippen molar-refractivity contribution in [3.8, 4) is 11.4 Å². The van der Waals surface area contributed by atoms with Crippen molar-refractivity contribution in [1.82, 2.24) is 19.7 Å². The molecule has 4 rings (SSSR count). The summed E-state index contributed by atoms with van der Waals surface area (Å²) in [7, 11) is 1.58. The fraction of sp³-hybridized carbons (Fsp3) is 0.476. The summed E-state index contributed by atoms with van der Waals surface area (Å²) in [6.07, 6.45) is -3.24. The van der Waals surface area contributed by atoms with Crippen molar-refractivity contribution >= 4 is 28.8 Å². The Labute approximate surface area is 188 Å². The second kappa shape index (κ2) is 8.80. The van der Waals surface area contributed by atoms with Gasteiger partial charge in [0, 0.05) is 31.8 Å². The van der Waals surface area contributed by atoms with Gasteiger partial charge in [0.15, 0.2) is 10.6 Å². The molecular weight excluding hydrogens is 443 g/mol. The van der Waals surface area contributed by atoms with E-state index in [9.17, 15) is 13.2 Å². The zero-order chi connectivity index (χ0) is 23.0. The van der Waals surface area contributed by atoms with E-state index in [1.807, 2.05) is 13.8 Å². The van der Waals surface area contributed by atoms with Gasteiger partial charge in [0.05, 0.1) is 47.7 Å². The van der Waals surface area contributed by atoms with E-state index in [0.717, 1.165) is 6.07 Å². The Morgan fingerprint density at radius 3 is 2.62 bits per heavy atom. The molecule has 0 spiro atoms. The molecule has 0 amide bonds. The number of nitrogens with zero attached hydrogens (tertiary/aromatic N) is 4. The van der Waals surface area contributed by atoms with E-state index in [-0.39, 0.29) is 17.7 Å². The second-order valence-corrected chi connectivity index (χ2v) is 8.27. The number of benzene rings is 1. The number of ether oxygens (including phenoxy) is 2. The minimum atomic E-state index is -4.52. The highest BCUT2D eigenvalue weighted by Gasteiger charge is 2.35. The highest BCUT2D eigenvalue weighted by Crippen LogP contribution is 2.41. The lowest BCUT2D eigenvalue weighted by Crippen LogP contribution is -2.45. The van der Waals surface area contributed by atoms with E-state index >= 15 is 0 Å².